The maximum Gasteiger partial charge on any atom is 0.0959 e. The van der Waals surface area contributed by atoms with E-state index in [0.717, 1.165) is 12.3 Å². The molecule has 1 fully saturated rings. The van der Waals surface area contributed by atoms with Gasteiger partial charge in [0.1, 0.15) is 0 Å². The molecule has 1 N–H and O–H groups in total. The quantitative estimate of drug-likeness (QED) is 0.795. The first-order valence-electron chi connectivity index (χ1n) is 6.26. The van der Waals surface area contributed by atoms with Crippen molar-refractivity contribution in [3.63, 3.8) is 0 Å². The molecule has 0 radical (unpaired) electrons. The molecule has 1 aliphatic heterocycles. The van der Waals surface area contributed by atoms with Crippen LogP contribution in [-0.4, -0.2) is 36.6 Å². The van der Waals surface area contributed by atoms with E-state index in [1.54, 1.807) is 0 Å². The zero-order chi connectivity index (χ0) is 12.2. The SMILES string of the molecule is CN1CCC(CC(C#N)NC(C)(C)C)CC1. The molecule has 1 rings (SSSR count). The van der Waals surface area contributed by atoms with Crippen molar-refractivity contribution < 1.29 is 0 Å². The van der Waals surface area contributed by atoms with Crippen molar-refractivity contribution in [2.45, 2.75) is 51.6 Å². The molecule has 3 nitrogen and oxygen atoms in total. The Bertz CT molecular complexity index is 241. The molecule has 0 aromatic rings. The molecule has 3 heteroatoms. The molecule has 0 aromatic carbocycles. The van der Waals surface area contributed by atoms with Gasteiger partial charge in [0.05, 0.1) is 12.1 Å². The second-order valence-corrected chi connectivity index (χ2v) is 6.06. The number of nitriles is 1. The fraction of sp³-hybridized carbons (Fsp3) is 0.923. The second kappa shape index (κ2) is 5.65. The lowest BCUT2D eigenvalue weighted by Gasteiger charge is -2.32. The predicted octanol–water partition coefficient (Wildman–Crippen LogP) is 2.00. The Balaban J connectivity index is 2.37. The van der Waals surface area contributed by atoms with Gasteiger partial charge < -0.3 is 4.90 Å². The van der Waals surface area contributed by atoms with E-state index in [2.05, 4.69) is 44.1 Å². The average molecular weight is 223 g/mol. The first-order chi connectivity index (χ1) is 7.40. The Morgan fingerprint density at radius 1 is 1.38 bits per heavy atom. The highest BCUT2D eigenvalue weighted by atomic mass is 15.1. The van der Waals surface area contributed by atoms with Gasteiger partial charge in [-0.15, -0.1) is 0 Å². The smallest absolute Gasteiger partial charge is 0.0959 e. The zero-order valence-corrected chi connectivity index (χ0v) is 11.1. The van der Waals surface area contributed by atoms with E-state index in [1.165, 1.54) is 25.9 Å². The molecule has 1 heterocycles. The predicted molar refractivity (Wildman–Crippen MR) is 67.1 cm³/mol. The first kappa shape index (κ1) is 13.5. The van der Waals surface area contributed by atoms with Crippen LogP contribution in [0.25, 0.3) is 0 Å². The minimum atomic E-state index is 0.00778. The Kier molecular flexibility index (Phi) is 4.76. The van der Waals surface area contributed by atoms with E-state index in [0.29, 0.717) is 0 Å². The van der Waals surface area contributed by atoms with Crippen molar-refractivity contribution in [2.24, 2.45) is 5.92 Å². The Morgan fingerprint density at radius 2 is 1.94 bits per heavy atom. The van der Waals surface area contributed by atoms with Crippen molar-refractivity contribution >= 4 is 0 Å². The summed E-state index contributed by atoms with van der Waals surface area (Å²) in [7, 11) is 2.17. The first-order valence-corrected chi connectivity index (χ1v) is 6.26. The minimum absolute atomic E-state index is 0.00778. The summed E-state index contributed by atoms with van der Waals surface area (Å²) >= 11 is 0. The van der Waals surface area contributed by atoms with Crippen molar-refractivity contribution in [3.8, 4) is 6.07 Å². The van der Waals surface area contributed by atoms with E-state index in [9.17, 15) is 0 Å². The monoisotopic (exact) mass is 223 g/mol. The van der Waals surface area contributed by atoms with Gasteiger partial charge in [-0.25, -0.2) is 0 Å². The number of hydrogen-bond donors (Lipinski definition) is 1. The topological polar surface area (TPSA) is 39.1 Å². The minimum Gasteiger partial charge on any atom is -0.306 e. The summed E-state index contributed by atoms with van der Waals surface area (Å²) < 4.78 is 0. The third-order valence-corrected chi connectivity index (χ3v) is 3.17. The standard InChI is InChI=1S/C13H25N3/c1-13(2,3)15-12(10-14)9-11-5-7-16(4)8-6-11/h11-12,15H,5-9H2,1-4H3. The molecule has 16 heavy (non-hydrogen) atoms. The summed E-state index contributed by atoms with van der Waals surface area (Å²) in [6.07, 6.45) is 3.47. The number of nitrogens with zero attached hydrogens (tertiary/aromatic N) is 2. The van der Waals surface area contributed by atoms with Crippen LogP contribution in [0.4, 0.5) is 0 Å². The lowest BCUT2D eigenvalue weighted by Crippen LogP contribution is -2.44. The van der Waals surface area contributed by atoms with Gasteiger partial charge in [0.25, 0.3) is 0 Å². The van der Waals surface area contributed by atoms with E-state index >= 15 is 0 Å². The van der Waals surface area contributed by atoms with Gasteiger partial charge >= 0.3 is 0 Å². The lowest BCUT2D eigenvalue weighted by molar-refractivity contribution is 0.201. The Labute approximate surface area is 99.8 Å². The molecule has 0 aliphatic carbocycles. The second-order valence-electron chi connectivity index (χ2n) is 6.06. The van der Waals surface area contributed by atoms with Gasteiger partial charge in [0.15, 0.2) is 0 Å². The largest absolute Gasteiger partial charge is 0.306 e. The van der Waals surface area contributed by atoms with E-state index in [4.69, 9.17) is 5.26 Å². The van der Waals surface area contributed by atoms with E-state index < -0.39 is 0 Å². The Morgan fingerprint density at radius 3 is 2.38 bits per heavy atom. The number of likely N-dealkylation sites (tertiary alicyclic amines) is 1. The molecule has 1 aliphatic rings. The normalized spacial score (nSPS) is 21.7. The zero-order valence-electron chi connectivity index (χ0n) is 11.1. The maximum absolute atomic E-state index is 9.15. The fourth-order valence-electron chi connectivity index (χ4n) is 2.30. The van der Waals surface area contributed by atoms with Gasteiger partial charge in [-0.1, -0.05) is 0 Å². The number of nitrogens with one attached hydrogen (secondary N) is 1. The average Bonchev–Trinajstić information content (AvgIpc) is 2.18. The molecule has 1 unspecified atom stereocenters. The maximum atomic E-state index is 9.15. The molecule has 0 saturated carbocycles. The third-order valence-electron chi connectivity index (χ3n) is 3.17. The summed E-state index contributed by atoms with van der Waals surface area (Å²) in [5.41, 5.74) is 0.0336. The molecule has 1 saturated heterocycles. The molecular weight excluding hydrogens is 198 g/mol. The molecule has 0 spiro atoms. The lowest BCUT2D eigenvalue weighted by atomic mass is 9.90. The van der Waals surface area contributed by atoms with Crippen molar-refractivity contribution in [2.75, 3.05) is 20.1 Å². The van der Waals surface area contributed by atoms with Crippen LogP contribution in [0.2, 0.25) is 0 Å². The molecule has 0 aromatic heterocycles. The highest BCUT2D eigenvalue weighted by molar-refractivity contribution is 4.95. The van der Waals surface area contributed by atoms with Gasteiger partial charge in [0, 0.05) is 5.54 Å². The molecule has 92 valence electrons. The molecule has 0 amide bonds. The summed E-state index contributed by atoms with van der Waals surface area (Å²) in [5, 5.41) is 12.5. The van der Waals surface area contributed by atoms with Crippen LogP contribution in [0.1, 0.15) is 40.0 Å². The van der Waals surface area contributed by atoms with Crippen molar-refractivity contribution in [3.05, 3.63) is 0 Å². The van der Waals surface area contributed by atoms with Gasteiger partial charge in [-0.05, 0) is 66.1 Å². The van der Waals surface area contributed by atoms with Gasteiger partial charge in [-0.2, -0.15) is 5.26 Å². The van der Waals surface area contributed by atoms with E-state index in [1.807, 2.05) is 0 Å². The van der Waals surface area contributed by atoms with Gasteiger partial charge in [0.2, 0.25) is 0 Å². The summed E-state index contributed by atoms with van der Waals surface area (Å²) in [5.74, 6) is 0.718. The number of rotatable bonds is 3. The van der Waals surface area contributed by atoms with Crippen LogP contribution in [0.5, 0.6) is 0 Å². The Hall–Kier alpha value is -0.590. The van der Waals surface area contributed by atoms with Crippen LogP contribution in [-0.2, 0) is 0 Å². The van der Waals surface area contributed by atoms with Crippen LogP contribution in [0.15, 0.2) is 0 Å². The summed E-state index contributed by atoms with van der Waals surface area (Å²) in [6, 6.07) is 2.40. The number of piperidine rings is 1. The third kappa shape index (κ3) is 4.96. The van der Waals surface area contributed by atoms with E-state index in [-0.39, 0.29) is 11.6 Å². The van der Waals surface area contributed by atoms with Crippen LogP contribution >= 0.6 is 0 Å². The fourth-order valence-corrected chi connectivity index (χ4v) is 2.30. The van der Waals surface area contributed by atoms with Crippen LogP contribution in [0.3, 0.4) is 0 Å². The van der Waals surface area contributed by atoms with Crippen LogP contribution in [0, 0.1) is 17.2 Å². The summed E-state index contributed by atoms with van der Waals surface area (Å²) in [6.45, 7) is 8.71. The molecule has 0 bridgehead atoms. The molecular formula is C13H25N3. The summed E-state index contributed by atoms with van der Waals surface area (Å²) in [4.78, 5) is 2.37. The highest BCUT2D eigenvalue weighted by Gasteiger charge is 2.23. The highest BCUT2D eigenvalue weighted by Crippen LogP contribution is 2.21. The molecule has 1 atom stereocenters. The van der Waals surface area contributed by atoms with Crippen LogP contribution < -0.4 is 5.32 Å². The number of hydrogen-bond acceptors (Lipinski definition) is 3. The van der Waals surface area contributed by atoms with Gasteiger partial charge in [-0.3, -0.25) is 5.32 Å². The van der Waals surface area contributed by atoms with Crippen molar-refractivity contribution in [1.29, 1.82) is 5.26 Å². The van der Waals surface area contributed by atoms with Crippen molar-refractivity contribution in [1.82, 2.24) is 10.2 Å².